The predicted molar refractivity (Wildman–Crippen MR) is 121 cm³/mol. The van der Waals surface area contributed by atoms with E-state index in [-0.39, 0.29) is 11.8 Å². The van der Waals surface area contributed by atoms with Gasteiger partial charge in [0, 0.05) is 12.5 Å². The number of rotatable bonds is 8. The van der Waals surface area contributed by atoms with Crippen molar-refractivity contribution in [2.45, 2.75) is 59.9 Å². The highest BCUT2D eigenvalue weighted by atomic mass is 16.5. The maximum atomic E-state index is 12.9. The van der Waals surface area contributed by atoms with Gasteiger partial charge in [-0.25, -0.2) is 0 Å². The summed E-state index contributed by atoms with van der Waals surface area (Å²) in [4.78, 5) is 12.9. The lowest BCUT2D eigenvalue weighted by molar-refractivity contribution is -0.126. The topological polar surface area (TPSA) is 47.6 Å². The molecular formula is C26H35NO3. The molecule has 2 atom stereocenters. The molecule has 3 rings (SSSR count). The Bertz CT molecular complexity index is 873. The van der Waals surface area contributed by atoms with E-state index in [1.54, 1.807) is 7.11 Å². The van der Waals surface area contributed by atoms with Gasteiger partial charge in [-0.2, -0.15) is 0 Å². The Morgan fingerprint density at radius 3 is 2.60 bits per heavy atom. The summed E-state index contributed by atoms with van der Waals surface area (Å²) in [6.45, 7) is 9.83. The van der Waals surface area contributed by atoms with Crippen LogP contribution in [-0.2, 0) is 24.2 Å². The Morgan fingerprint density at radius 1 is 1.20 bits per heavy atom. The summed E-state index contributed by atoms with van der Waals surface area (Å²) in [5.74, 6) is 2.30. The molecule has 0 spiro atoms. The van der Waals surface area contributed by atoms with Gasteiger partial charge in [0.05, 0.1) is 13.7 Å². The zero-order valence-electron chi connectivity index (χ0n) is 19.0. The molecule has 0 radical (unpaired) electrons. The van der Waals surface area contributed by atoms with E-state index in [0.717, 1.165) is 49.4 Å². The molecule has 2 aromatic rings. The smallest absolute Gasteiger partial charge is 0.223 e. The van der Waals surface area contributed by atoms with Crippen LogP contribution in [-0.4, -0.2) is 19.6 Å². The Hall–Kier alpha value is -2.49. The van der Waals surface area contributed by atoms with Gasteiger partial charge in [-0.1, -0.05) is 26.0 Å². The summed E-state index contributed by atoms with van der Waals surface area (Å²) in [6.07, 6.45) is 4.04. The number of ether oxygens (including phenoxy) is 2. The monoisotopic (exact) mass is 409 g/mol. The largest absolute Gasteiger partial charge is 0.497 e. The van der Waals surface area contributed by atoms with Crippen LogP contribution in [0.1, 0.15) is 54.5 Å². The van der Waals surface area contributed by atoms with Crippen molar-refractivity contribution in [3.05, 3.63) is 58.1 Å². The first-order valence-electron chi connectivity index (χ1n) is 11.1. The number of hydrogen-bond donors (Lipinski definition) is 1. The van der Waals surface area contributed by atoms with Gasteiger partial charge in [0.1, 0.15) is 11.5 Å². The highest BCUT2D eigenvalue weighted by molar-refractivity contribution is 5.78. The van der Waals surface area contributed by atoms with Crippen molar-refractivity contribution in [2.75, 3.05) is 13.7 Å². The van der Waals surface area contributed by atoms with E-state index in [0.29, 0.717) is 12.5 Å². The second-order valence-corrected chi connectivity index (χ2v) is 8.48. The number of amides is 1. The molecule has 0 unspecified atom stereocenters. The van der Waals surface area contributed by atoms with Crippen LogP contribution in [0.3, 0.4) is 0 Å². The summed E-state index contributed by atoms with van der Waals surface area (Å²) in [6, 6.07) is 10.0. The Balaban J connectivity index is 1.65. The van der Waals surface area contributed by atoms with E-state index in [2.05, 4.69) is 39.1 Å². The first-order chi connectivity index (χ1) is 14.4. The van der Waals surface area contributed by atoms with Gasteiger partial charge in [-0.15, -0.1) is 0 Å². The average Bonchev–Trinajstić information content (AvgIpc) is 2.78. The molecule has 0 aromatic heterocycles. The third-order valence-electron chi connectivity index (χ3n) is 6.45. The van der Waals surface area contributed by atoms with Crippen LogP contribution in [0.25, 0.3) is 0 Å². The number of fused-ring (bicyclic) bond motifs is 1. The van der Waals surface area contributed by atoms with E-state index in [1.807, 2.05) is 24.3 Å². The lowest BCUT2D eigenvalue weighted by atomic mass is 9.74. The van der Waals surface area contributed by atoms with Crippen LogP contribution in [0, 0.1) is 25.7 Å². The van der Waals surface area contributed by atoms with Crippen LogP contribution >= 0.6 is 0 Å². The third kappa shape index (κ3) is 4.97. The maximum absolute atomic E-state index is 12.9. The molecule has 4 nitrogen and oxygen atoms in total. The van der Waals surface area contributed by atoms with Crippen molar-refractivity contribution < 1.29 is 14.3 Å². The van der Waals surface area contributed by atoms with Crippen molar-refractivity contribution in [3.63, 3.8) is 0 Å². The number of aryl methyl sites for hydroxylation is 1. The van der Waals surface area contributed by atoms with Gasteiger partial charge in [-0.3, -0.25) is 4.79 Å². The SMILES string of the molecule is CCCOc1cc(C)c2c(c1C)C[C@H]([C@H](C)C(=O)NCc1ccc(OC)cc1)CC2. The van der Waals surface area contributed by atoms with E-state index in [1.165, 1.54) is 22.3 Å². The van der Waals surface area contributed by atoms with Crippen LogP contribution < -0.4 is 14.8 Å². The zero-order chi connectivity index (χ0) is 21.7. The second-order valence-electron chi connectivity index (χ2n) is 8.48. The first-order valence-corrected chi connectivity index (χ1v) is 11.1. The number of carbonyl (C=O) groups is 1. The number of carbonyl (C=O) groups excluding carboxylic acids is 1. The average molecular weight is 410 g/mol. The van der Waals surface area contributed by atoms with E-state index in [9.17, 15) is 4.79 Å². The van der Waals surface area contributed by atoms with E-state index >= 15 is 0 Å². The number of benzene rings is 2. The van der Waals surface area contributed by atoms with Crippen molar-refractivity contribution >= 4 is 5.91 Å². The third-order valence-corrected chi connectivity index (χ3v) is 6.45. The number of methoxy groups -OCH3 is 1. The fraction of sp³-hybridized carbons (Fsp3) is 0.500. The minimum atomic E-state index is -0.0173. The van der Waals surface area contributed by atoms with Crippen LogP contribution in [0.4, 0.5) is 0 Å². The molecule has 4 heteroatoms. The molecule has 1 N–H and O–H groups in total. The molecule has 2 aromatic carbocycles. The lowest BCUT2D eigenvalue weighted by Gasteiger charge is -2.31. The lowest BCUT2D eigenvalue weighted by Crippen LogP contribution is -2.35. The number of hydrogen-bond acceptors (Lipinski definition) is 3. The molecule has 0 aliphatic heterocycles. The molecule has 0 saturated carbocycles. The molecule has 162 valence electrons. The van der Waals surface area contributed by atoms with Crippen molar-refractivity contribution in [1.29, 1.82) is 0 Å². The van der Waals surface area contributed by atoms with Crippen LogP contribution in [0.15, 0.2) is 30.3 Å². The van der Waals surface area contributed by atoms with Gasteiger partial charge in [0.25, 0.3) is 0 Å². The summed E-state index contributed by atoms with van der Waals surface area (Å²) >= 11 is 0. The molecule has 1 aliphatic carbocycles. The van der Waals surface area contributed by atoms with Gasteiger partial charge >= 0.3 is 0 Å². The standard InChI is InChI=1S/C26H35NO3/c1-6-13-30-25-14-17(2)23-12-9-21(15-24(23)19(25)4)18(3)26(28)27-16-20-7-10-22(29-5)11-8-20/h7-8,10-11,14,18,21H,6,9,12-13,15-16H2,1-5H3,(H,27,28)/t18-,21+/m0/s1. The van der Waals surface area contributed by atoms with Gasteiger partial charge < -0.3 is 14.8 Å². The molecule has 0 bridgehead atoms. The van der Waals surface area contributed by atoms with Gasteiger partial charge in [-0.05, 0) is 91.5 Å². The molecular weight excluding hydrogens is 374 g/mol. The predicted octanol–water partition coefficient (Wildman–Crippen LogP) is 5.16. The fourth-order valence-corrected chi connectivity index (χ4v) is 4.42. The van der Waals surface area contributed by atoms with Crippen molar-refractivity contribution in [1.82, 2.24) is 5.32 Å². The molecule has 0 saturated heterocycles. The minimum Gasteiger partial charge on any atom is -0.497 e. The molecule has 1 aliphatic rings. The second kappa shape index (κ2) is 10.0. The summed E-state index contributed by atoms with van der Waals surface area (Å²) in [5, 5.41) is 3.12. The van der Waals surface area contributed by atoms with Crippen molar-refractivity contribution in [3.8, 4) is 11.5 Å². The summed E-state index contributed by atoms with van der Waals surface area (Å²) < 4.78 is 11.2. The molecule has 0 fully saturated rings. The Labute approximate surface area is 181 Å². The maximum Gasteiger partial charge on any atom is 0.223 e. The summed E-state index contributed by atoms with van der Waals surface area (Å²) in [7, 11) is 1.66. The quantitative estimate of drug-likeness (QED) is 0.655. The fourth-order valence-electron chi connectivity index (χ4n) is 4.42. The Morgan fingerprint density at radius 2 is 1.93 bits per heavy atom. The molecule has 0 heterocycles. The zero-order valence-corrected chi connectivity index (χ0v) is 19.0. The van der Waals surface area contributed by atoms with Crippen LogP contribution in [0.5, 0.6) is 11.5 Å². The van der Waals surface area contributed by atoms with Crippen molar-refractivity contribution in [2.24, 2.45) is 11.8 Å². The molecule has 30 heavy (non-hydrogen) atoms. The Kier molecular flexibility index (Phi) is 7.41. The normalized spacial score (nSPS) is 16.5. The highest BCUT2D eigenvalue weighted by Crippen LogP contribution is 2.37. The van der Waals surface area contributed by atoms with Crippen LogP contribution in [0.2, 0.25) is 0 Å². The van der Waals surface area contributed by atoms with Gasteiger partial charge in [0.2, 0.25) is 5.91 Å². The first kappa shape index (κ1) is 22.2. The van der Waals surface area contributed by atoms with E-state index < -0.39 is 0 Å². The van der Waals surface area contributed by atoms with E-state index in [4.69, 9.17) is 9.47 Å². The number of nitrogens with one attached hydrogen (secondary N) is 1. The highest BCUT2D eigenvalue weighted by Gasteiger charge is 2.30. The molecule has 1 amide bonds. The van der Waals surface area contributed by atoms with Gasteiger partial charge in [0.15, 0.2) is 0 Å². The summed E-state index contributed by atoms with van der Waals surface area (Å²) in [5.41, 5.74) is 6.50. The minimum absolute atomic E-state index is 0.0173.